The zero-order valence-corrected chi connectivity index (χ0v) is 21.6. The molecule has 0 aliphatic heterocycles. The van der Waals surface area contributed by atoms with Gasteiger partial charge in [-0.25, -0.2) is 9.67 Å². The van der Waals surface area contributed by atoms with Gasteiger partial charge in [-0.1, -0.05) is 23.7 Å². The van der Waals surface area contributed by atoms with Crippen LogP contribution in [-0.2, 0) is 32.7 Å². The van der Waals surface area contributed by atoms with Gasteiger partial charge in [0.2, 0.25) is 0 Å². The number of hydrogen-bond donors (Lipinski definition) is 3. The number of aliphatic hydroxyl groups is 1. The maximum Gasteiger partial charge on any atom is 0.274 e. The van der Waals surface area contributed by atoms with Gasteiger partial charge in [-0.15, -0.1) is 0 Å². The summed E-state index contributed by atoms with van der Waals surface area (Å²) in [5.74, 6) is 4.36. The molecule has 1 aromatic carbocycles. The monoisotopic (exact) mass is 584 g/mol. The number of nitrogens with one attached hydrogen (secondary N) is 1. The molecule has 0 bridgehead atoms. The fourth-order valence-corrected chi connectivity index (χ4v) is 3.04. The van der Waals surface area contributed by atoms with Gasteiger partial charge in [0.25, 0.3) is 5.91 Å². The van der Waals surface area contributed by atoms with E-state index in [0.29, 0.717) is 9.63 Å². The minimum Gasteiger partial charge on any atom is -0.590 e. The average molecular weight is 586 g/mol. The quantitative estimate of drug-likeness (QED) is 0.237. The van der Waals surface area contributed by atoms with Gasteiger partial charge < -0.3 is 31.2 Å². The second-order valence-corrected chi connectivity index (χ2v) is 6.56. The van der Waals surface area contributed by atoms with Crippen LogP contribution in [0.25, 0.3) is 11.2 Å². The number of anilines is 1. The van der Waals surface area contributed by atoms with E-state index >= 15 is 0 Å². The molecule has 2 aromatic heterocycles. The predicted molar refractivity (Wildman–Crippen MR) is 115 cm³/mol. The summed E-state index contributed by atoms with van der Waals surface area (Å²) in [6.07, 6.45) is 1.53. The molecule has 3 aromatic rings. The van der Waals surface area contributed by atoms with Gasteiger partial charge in [-0.2, -0.15) is 5.10 Å². The maximum absolute atomic E-state index is 13.0. The second kappa shape index (κ2) is 12.8. The molecular weight excluding hydrogens is 568 g/mol. The number of methoxy groups -OCH3 is 1. The van der Waals surface area contributed by atoms with Crippen LogP contribution >= 0.6 is 27.5 Å². The summed E-state index contributed by atoms with van der Waals surface area (Å²) >= 11 is 9.42. The first-order valence-electron chi connectivity index (χ1n) is 8.21. The number of halogens is 2. The molecule has 0 aliphatic rings. The van der Waals surface area contributed by atoms with Crippen molar-refractivity contribution in [3.63, 3.8) is 0 Å². The van der Waals surface area contributed by atoms with Crippen LogP contribution in [0.3, 0.4) is 0 Å². The maximum atomic E-state index is 13.0. The number of aliphatic hydroxyl groups excluding tert-OH is 1. The normalized spacial score (nSPS) is 9.61. The van der Waals surface area contributed by atoms with Crippen molar-refractivity contribution in [3.05, 3.63) is 68.9 Å². The molecular formula is C18H17BrClN6O4Y-. The third-order valence-electron chi connectivity index (χ3n) is 3.68. The van der Waals surface area contributed by atoms with Crippen LogP contribution in [0.4, 0.5) is 5.69 Å². The first-order valence-corrected chi connectivity index (χ1v) is 9.38. The van der Waals surface area contributed by atoms with E-state index in [9.17, 15) is 9.59 Å². The van der Waals surface area contributed by atoms with Crippen molar-refractivity contribution in [3.8, 4) is 11.6 Å². The van der Waals surface area contributed by atoms with Crippen molar-refractivity contribution >= 4 is 45.0 Å². The Balaban J connectivity index is 0.00000156. The van der Waals surface area contributed by atoms with Crippen LogP contribution in [0, 0.1) is 0 Å². The molecule has 0 aliphatic carbocycles. The number of carbonyl (C=O) groups excluding carboxylic acids is 2. The average Bonchev–Trinajstić information content (AvgIpc) is 3.16. The SMILES string of the molecule is CO.COc1cccc(C(=O)[N-]N)c1NC(=O)c1cc(Br)nn1-c1ncccc1Cl.[Y]. The Morgan fingerprint density at radius 3 is 2.61 bits per heavy atom. The molecule has 161 valence electrons. The van der Waals surface area contributed by atoms with E-state index in [1.54, 1.807) is 24.3 Å². The van der Waals surface area contributed by atoms with Crippen LogP contribution in [0.2, 0.25) is 5.02 Å². The molecule has 13 heteroatoms. The van der Waals surface area contributed by atoms with Crippen LogP contribution in [0.5, 0.6) is 5.75 Å². The van der Waals surface area contributed by atoms with Crippen molar-refractivity contribution in [2.24, 2.45) is 5.84 Å². The Kier molecular flexibility index (Phi) is 11.2. The van der Waals surface area contributed by atoms with Gasteiger partial charge in [0, 0.05) is 57.6 Å². The number of hydrogen-bond acceptors (Lipinski definition) is 7. The first kappa shape index (κ1) is 27.1. The summed E-state index contributed by atoms with van der Waals surface area (Å²) < 4.78 is 6.92. The zero-order chi connectivity index (χ0) is 22.3. The van der Waals surface area contributed by atoms with Gasteiger partial charge in [0.15, 0.2) is 5.82 Å². The van der Waals surface area contributed by atoms with Crippen molar-refractivity contribution in [2.75, 3.05) is 19.5 Å². The molecule has 1 radical (unpaired) electrons. The molecule has 0 saturated carbocycles. The van der Waals surface area contributed by atoms with E-state index in [0.717, 1.165) is 7.11 Å². The van der Waals surface area contributed by atoms with Crippen molar-refractivity contribution < 1.29 is 52.1 Å². The molecule has 0 fully saturated rings. The minimum atomic E-state index is -0.711. The van der Waals surface area contributed by atoms with Crippen LogP contribution in [-0.4, -0.2) is 45.9 Å². The second-order valence-electron chi connectivity index (χ2n) is 5.34. The largest absolute Gasteiger partial charge is 0.590 e. The number of carbonyl (C=O) groups is 2. The molecule has 31 heavy (non-hydrogen) atoms. The molecule has 0 atom stereocenters. The standard InChI is InChI=1S/C17H14BrClN6O3.CH4O.Y/c1-28-12-6-2-4-9(16(26)23-20)14(12)22-17(27)11-8-13(18)24-25(11)15-10(19)5-3-7-21-15;1-2;/h2-8H,1H3,(H4,20,22,23,24,26,27);2H,1H3;/p-1. The third-order valence-corrected chi connectivity index (χ3v) is 4.37. The van der Waals surface area contributed by atoms with E-state index in [1.165, 1.54) is 30.1 Å². The van der Waals surface area contributed by atoms with Crippen LogP contribution < -0.4 is 15.9 Å². The van der Waals surface area contributed by atoms with E-state index in [2.05, 4.69) is 36.8 Å². The molecule has 2 amide bonds. The van der Waals surface area contributed by atoms with Crippen molar-refractivity contribution in [2.45, 2.75) is 0 Å². The van der Waals surface area contributed by atoms with Crippen molar-refractivity contribution in [1.29, 1.82) is 0 Å². The number of para-hydroxylation sites is 1. The number of aromatic nitrogens is 3. The Hall–Kier alpha value is -1.89. The Morgan fingerprint density at radius 2 is 2.00 bits per heavy atom. The number of ether oxygens (including phenoxy) is 1. The van der Waals surface area contributed by atoms with E-state index in [1.807, 2.05) is 0 Å². The number of benzene rings is 1. The fourth-order valence-electron chi connectivity index (χ4n) is 2.46. The number of amides is 2. The Bertz CT molecular complexity index is 1070. The number of pyridine rings is 1. The Labute approximate surface area is 216 Å². The van der Waals surface area contributed by atoms with Crippen LogP contribution in [0.15, 0.2) is 47.2 Å². The predicted octanol–water partition coefficient (Wildman–Crippen LogP) is 2.94. The van der Waals surface area contributed by atoms with E-state index in [4.69, 9.17) is 27.3 Å². The number of nitrogens with zero attached hydrogens (tertiary/aromatic N) is 4. The third kappa shape index (κ3) is 6.31. The zero-order valence-electron chi connectivity index (χ0n) is 16.4. The number of nitrogens with two attached hydrogens (primary N) is 1. The van der Waals surface area contributed by atoms with E-state index < -0.39 is 11.8 Å². The Morgan fingerprint density at radius 1 is 1.29 bits per heavy atom. The summed E-state index contributed by atoms with van der Waals surface area (Å²) in [5, 5.41) is 14.2. The van der Waals surface area contributed by atoms with Crippen molar-refractivity contribution in [1.82, 2.24) is 14.8 Å². The molecule has 3 rings (SSSR count). The first-order chi connectivity index (χ1) is 14.5. The molecule has 0 unspecified atom stereocenters. The van der Waals surface area contributed by atoms with E-state index in [-0.39, 0.29) is 61.2 Å². The summed E-state index contributed by atoms with van der Waals surface area (Å²) in [6.45, 7) is 0. The summed E-state index contributed by atoms with van der Waals surface area (Å²) in [4.78, 5) is 29.1. The molecule has 0 spiro atoms. The van der Waals surface area contributed by atoms with Gasteiger partial charge in [0.1, 0.15) is 16.0 Å². The van der Waals surface area contributed by atoms with Gasteiger partial charge >= 0.3 is 0 Å². The van der Waals surface area contributed by atoms with Gasteiger partial charge in [0.05, 0.1) is 23.7 Å². The summed E-state index contributed by atoms with van der Waals surface area (Å²) in [7, 11) is 2.41. The molecule has 10 nitrogen and oxygen atoms in total. The van der Waals surface area contributed by atoms with Crippen LogP contribution in [0.1, 0.15) is 20.8 Å². The smallest absolute Gasteiger partial charge is 0.274 e. The minimum absolute atomic E-state index is 0. The summed E-state index contributed by atoms with van der Waals surface area (Å²) in [6, 6.07) is 9.42. The summed E-state index contributed by atoms with van der Waals surface area (Å²) in [5.41, 5.74) is 3.49. The molecule has 0 saturated heterocycles. The van der Waals surface area contributed by atoms with Gasteiger partial charge in [-0.05, 0) is 34.1 Å². The topological polar surface area (TPSA) is 146 Å². The molecule has 2 heterocycles. The number of rotatable bonds is 5. The van der Waals surface area contributed by atoms with Gasteiger partial charge in [-0.3, -0.25) is 4.79 Å². The fraction of sp³-hybridized carbons (Fsp3) is 0.111. The molecule has 4 N–H and O–H groups in total.